The molecule has 2 aromatic rings. The topological polar surface area (TPSA) is 87.2 Å². The number of esters is 1. The molecule has 1 aromatic carbocycles. The lowest BCUT2D eigenvalue weighted by atomic mass is 9.73. The molecule has 1 aromatic heterocycles. The minimum Gasteiger partial charge on any atom is -0.480 e. The van der Waals surface area contributed by atoms with Gasteiger partial charge < -0.3 is 18.9 Å². The van der Waals surface area contributed by atoms with Crippen molar-refractivity contribution in [2.75, 3.05) is 20.3 Å². The molecule has 42 heavy (non-hydrogen) atoms. The fourth-order valence-corrected chi connectivity index (χ4v) is 5.15. The van der Waals surface area contributed by atoms with Crippen LogP contribution in [0.3, 0.4) is 0 Å². The number of hydrogen-bond donors (Lipinski definition) is 0. The number of carbonyl (C=O) groups is 2. The zero-order chi connectivity index (χ0) is 31.2. The van der Waals surface area contributed by atoms with Gasteiger partial charge in [-0.05, 0) is 37.8 Å². The van der Waals surface area contributed by atoms with E-state index in [-0.39, 0.29) is 24.7 Å². The van der Waals surface area contributed by atoms with Gasteiger partial charge >= 0.3 is 18.2 Å². The van der Waals surface area contributed by atoms with Crippen molar-refractivity contribution in [2.24, 2.45) is 11.3 Å². The van der Waals surface area contributed by atoms with Crippen LogP contribution < -0.4 is 4.74 Å². The maximum atomic E-state index is 13.6. The highest BCUT2D eigenvalue weighted by atomic mass is 19.4. The molecule has 0 aliphatic carbocycles. The van der Waals surface area contributed by atoms with E-state index in [4.69, 9.17) is 18.9 Å². The van der Waals surface area contributed by atoms with Gasteiger partial charge in [0.2, 0.25) is 5.88 Å². The third-order valence-electron chi connectivity index (χ3n) is 6.76. The molecule has 1 fully saturated rings. The molecule has 3 rings (SSSR count). The van der Waals surface area contributed by atoms with Crippen LogP contribution in [-0.4, -0.2) is 60.5 Å². The van der Waals surface area contributed by atoms with E-state index in [0.717, 1.165) is 6.07 Å². The first-order valence-corrected chi connectivity index (χ1v) is 13.6. The van der Waals surface area contributed by atoms with Crippen molar-refractivity contribution in [2.45, 2.75) is 72.0 Å². The zero-order valence-corrected chi connectivity index (χ0v) is 24.8. The van der Waals surface area contributed by atoms with E-state index in [0.29, 0.717) is 11.8 Å². The number of likely N-dealkylation sites (tertiary alicyclic amines) is 1. The number of nitrogens with zero attached hydrogens (tertiary/aromatic N) is 2. The fourth-order valence-electron chi connectivity index (χ4n) is 5.15. The highest BCUT2D eigenvalue weighted by molar-refractivity contribution is 5.83. The number of alkyl halides is 3. The third kappa shape index (κ3) is 7.53. The van der Waals surface area contributed by atoms with Crippen LogP contribution in [0.4, 0.5) is 18.0 Å². The quantitative estimate of drug-likeness (QED) is 0.287. The van der Waals surface area contributed by atoms with Crippen molar-refractivity contribution in [1.82, 2.24) is 9.88 Å². The Morgan fingerprint density at radius 1 is 1.12 bits per heavy atom. The Kier molecular flexibility index (Phi) is 10.5. The predicted octanol–water partition coefficient (Wildman–Crippen LogP) is 6.04. The predicted molar refractivity (Wildman–Crippen MR) is 148 cm³/mol. The largest absolute Gasteiger partial charge is 0.480 e. The fraction of sp³-hybridized carbons (Fsp3) is 0.516. The molecule has 2 heterocycles. The second-order valence-electron chi connectivity index (χ2n) is 11.1. The van der Waals surface area contributed by atoms with E-state index in [1.54, 1.807) is 20.8 Å². The lowest BCUT2D eigenvalue weighted by Crippen LogP contribution is -2.48. The minimum atomic E-state index is -4.60. The van der Waals surface area contributed by atoms with Crippen LogP contribution in [0.1, 0.15) is 64.3 Å². The van der Waals surface area contributed by atoms with Gasteiger partial charge in [-0.3, -0.25) is 4.90 Å². The summed E-state index contributed by atoms with van der Waals surface area (Å²) in [6.07, 6.45) is -5.82. The Hall–Kier alpha value is -3.78. The van der Waals surface area contributed by atoms with Crippen LogP contribution in [0.2, 0.25) is 0 Å². The Balaban J connectivity index is 2.08. The van der Waals surface area contributed by atoms with Gasteiger partial charge in [0, 0.05) is 12.1 Å². The molecule has 0 bridgehead atoms. The van der Waals surface area contributed by atoms with Gasteiger partial charge in [-0.2, -0.15) is 13.2 Å². The van der Waals surface area contributed by atoms with Crippen molar-refractivity contribution in [3.05, 3.63) is 59.3 Å². The monoisotopic (exact) mass is 590 g/mol. The number of carbonyl (C=O) groups excluding carboxylic acids is 2. The van der Waals surface area contributed by atoms with E-state index < -0.39 is 59.4 Å². The molecule has 0 unspecified atom stereocenters. The number of hydrogen-bond acceptors (Lipinski definition) is 7. The summed E-state index contributed by atoms with van der Waals surface area (Å²) in [6, 6.07) is 8.19. The second-order valence-corrected chi connectivity index (χ2v) is 11.1. The van der Waals surface area contributed by atoms with Gasteiger partial charge in [0.05, 0.1) is 43.1 Å². The zero-order valence-electron chi connectivity index (χ0n) is 24.8. The summed E-state index contributed by atoms with van der Waals surface area (Å²) < 4.78 is 62.2. The Bertz CT molecular complexity index is 1300. The molecule has 0 radical (unpaired) electrons. The molecule has 1 aliphatic heterocycles. The van der Waals surface area contributed by atoms with E-state index >= 15 is 0 Å². The number of halogens is 3. The molecule has 11 heteroatoms. The average molecular weight is 591 g/mol. The standard InChI is InChI=1S/C31H37F3N2O6/c1-8-40-28(37)25-23(30(4,5)6)26(24(20-13-10-9-11-14-20)36(25)29(38)42-19(2)3)41-16-12-15-21-17-22(31(32,33)34)18-35-27(21)39-7/h9-11,13-14,17-19,23-26H,8,16H2,1-7H3/t23-,24+,25+,26+/m1/s1. The number of amides is 1. The third-order valence-corrected chi connectivity index (χ3v) is 6.76. The second kappa shape index (κ2) is 13.5. The van der Waals surface area contributed by atoms with Gasteiger partial charge in [0.1, 0.15) is 12.6 Å². The van der Waals surface area contributed by atoms with Gasteiger partial charge in [0.15, 0.2) is 0 Å². The van der Waals surface area contributed by atoms with E-state index in [1.807, 2.05) is 51.1 Å². The van der Waals surface area contributed by atoms with Crippen molar-refractivity contribution in [3.63, 3.8) is 0 Å². The Labute approximate surface area is 244 Å². The highest BCUT2D eigenvalue weighted by Gasteiger charge is 2.59. The lowest BCUT2D eigenvalue weighted by Gasteiger charge is -2.35. The molecule has 1 aliphatic rings. The Morgan fingerprint density at radius 2 is 1.79 bits per heavy atom. The van der Waals surface area contributed by atoms with E-state index in [9.17, 15) is 22.8 Å². The minimum absolute atomic E-state index is 0.0548. The van der Waals surface area contributed by atoms with E-state index in [2.05, 4.69) is 16.8 Å². The smallest absolute Gasteiger partial charge is 0.417 e. The summed E-state index contributed by atoms with van der Waals surface area (Å²) in [7, 11) is 1.29. The van der Waals surface area contributed by atoms with Crippen LogP contribution >= 0.6 is 0 Å². The highest BCUT2D eigenvalue weighted by Crippen LogP contribution is 2.50. The molecule has 8 nitrogen and oxygen atoms in total. The number of aromatic nitrogens is 1. The molecule has 4 atom stereocenters. The summed E-state index contributed by atoms with van der Waals surface area (Å²) in [5.41, 5.74) is -0.872. The first-order chi connectivity index (χ1) is 19.7. The maximum Gasteiger partial charge on any atom is 0.417 e. The van der Waals surface area contributed by atoms with Crippen LogP contribution in [0.15, 0.2) is 42.6 Å². The summed E-state index contributed by atoms with van der Waals surface area (Å²) in [5, 5.41) is 0. The number of benzene rings is 1. The van der Waals surface area contributed by atoms with Gasteiger partial charge in [-0.25, -0.2) is 14.6 Å². The number of pyridine rings is 1. The number of methoxy groups -OCH3 is 1. The summed E-state index contributed by atoms with van der Waals surface area (Å²) in [5.74, 6) is 4.22. The van der Waals surface area contributed by atoms with Crippen molar-refractivity contribution in [1.29, 1.82) is 0 Å². The van der Waals surface area contributed by atoms with Gasteiger partial charge in [0.25, 0.3) is 0 Å². The molecule has 228 valence electrons. The number of rotatable bonds is 7. The average Bonchev–Trinajstić information content (AvgIpc) is 3.27. The molecule has 1 saturated heterocycles. The molecule has 0 spiro atoms. The first-order valence-electron chi connectivity index (χ1n) is 13.6. The summed E-state index contributed by atoms with van der Waals surface area (Å²) >= 11 is 0. The van der Waals surface area contributed by atoms with E-state index in [1.165, 1.54) is 12.0 Å². The molecule has 1 amide bonds. The Morgan fingerprint density at radius 3 is 2.33 bits per heavy atom. The maximum absolute atomic E-state index is 13.6. The normalized spacial score (nSPS) is 20.6. The first kappa shape index (κ1) is 32.7. The molecular weight excluding hydrogens is 553 g/mol. The van der Waals surface area contributed by atoms with Crippen LogP contribution in [-0.2, 0) is 25.2 Å². The summed E-state index contributed by atoms with van der Waals surface area (Å²) in [4.78, 5) is 32.1. The van der Waals surface area contributed by atoms with Gasteiger partial charge in [-0.1, -0.05) is 62.9 Å². The molecular formula is C31H37F3N2O6. The number of ether oxygens (including phenoxy) is 4. The van der Waals surface area contributed by atoms with Crippen molar-refractivity contribution < 1.29 is 41.7 Å². The SMILES string of the molecule is CCOC(=O)[C@@H]1[C@@H](C(C)(C)C)[C@H](OCC#Cc2cc(C(F)(F)F)cnc2OC)[C@H](c2ccccc2)N1C(=O)OC(C)C. The van der Waals surface area contributed by atoms with Crippen LogP contribution in [0.5, 0.6) is 5.88 Å². The van der Waals surface area contributed by atoms with Crippen molar-refractivity contribution in [3.8, 4) is 17.7 Å². The molecule has 0 N–H and O–H groups in total. The molecule has 0 saturated carbocycles. The van der Waals surface area contributed by atoms with Crippen LogP contribution in [0.25, 0.3) is 0 Å². The van der Waals surface area contributed by atoms with Crippen LogP contribution in [0, 0.1) is 23.2 Å². The summed E-state index contributed by atoms with van der Waals surface area (Å²) in [6.45, 7) is 10.8. The lowest BCUT2D eigenvalue weighted by molar-refractivity contribution is -0.151. The van der Waals surface area contributed by atoms with Gasteiger partial charge in [-0.15, -0.1) is 0 Å². The van der Waals surface area contributed by atoms with Crippen molar-refractivity contribution >= 4 is 12.1 Å².